The highest BCUT2D eigenvalue weighted by molar-refractivity contribution is 5.02. The van der Waals surface area contributed by atoms with Crippen molar-refractivity contribution in [3.05, 3.63) is 18.0 Å². The van der Waals surface area contributed by atoms with Crippen molar-refractivity contribution in [2.75, 3.05) is 19.6 Å². The van der Waals surface area contributed by atoms with Gasteiger partial charge in [0.05, 0.1) is 5.69 Å². The minimum absolute atomic E-state index is 0.399. The summed E-state index contributed by atoms with van der Waals surface area (Å²) in [5.41, 5.74) is 1.63. The lowest BCUT2D eigenvalue weighted by Crippen LogP contribution is -2.49. The molecule has 0 aromatic carbocycles. The summed E-state index contributed by atoms with van der Waals surface area (Å²) < 4.78 is 2.12. The molecular formula is C17H30N4. The molecule has 0 amide bonds. The highest BCUT2D eigenvalue weighted by Gasteiger charge is 2.36. The average Bonchev–Trinajstić information content (AvgIpc) is 3.07. The van der Waals surface area contributed by atoms with Crippen LogP contribution in [0.4, 0.5) is 0 Å². The Morgan fingerprint density at radius 3 is 2.90 bits per heavy atom. The molecule has 118 valence electrons. The smallest absolute Gasteiger partial charge is 0.0764 e. The predicted octanol–water partition coefficient (Wildman–Crippen LogP) is 2.96. The van der Waals surface area contributed by atoms with Crippen LogP contribution < -0.4 is 5.32 Å². The van der Waals surface area contributed by atoms with E-state index >= 15 is 0 Å². The molecule has 0 radical (unpaired) electrons. The fourth-order valence-corrected chi connectivity index (χ4v) is 3.86. The minimum atomic E-state index is 0.399. The SMILES string of the molecule is CCC(C)n1ccc(CN2CCCNC3(CCCC3)C2)n1. The van der Waals surface area contributed by atoms with E-state index in [-0.39, 0.29) is 0 Å². The van der Waals surface area contributed by atoms with E-state index < -0.39 is 0 Å². The van der Waals surface area contributed by atoms with Crippen LogP contribution in [0.25, 0.3) is 0 Å². The largest absolute Gasteiger partial charge is 0.310 e. The Morgan fingerprint density at radius 2 is 2.14 bits per heavy atom. The lowest BCUT2D eigenvalue weighted by atomic mass is 9.97. The molecule has 0 bridgehead atoms. The third-order valence-corrected chi connectivity index (χ3v) is 5.33. The van der Waals surface area contributed by atoms with Crippen molar-refractivity contribution < 1.29 is 0 Å². The molecule has 1 unspecified atom stereocenters. The van der Waals surface area contributed by atoms with E-state index in [0.717, 1.165) is 13.0 Å². The van der Waals surface area contributed by atoms with Gasteiger partial charge in [-0.3, -0.25) is 9.58 Å². The van der Waals surface area contributed by atoms with E-state index in [4.69, 9.17) is 5.10 Å². The highest BCUT2D eigenvalue weighted by Crippen LogP contribution is 2.32. The molecule has 1 spiro atoms. The molecule has 2 heterocycles. The maximum absolute atomic E-state index is 4.78. The fourth-order valence-electron chi connectivity index (χ4n) is 3.86. The van der Waals surface area contributed by atoms with Gasteiger partial charge in [-0.25, -0.2) is 0 Å². The van der Waals surface area contributed by atoms with E-state index in [0.29, 0.717) is 11.6 Å². The molecule has 2 aliphatic rings. The van der Waals surface area contributed by atoms with Crippen molar-refractivity contribution in [3.63, 3.8) is 0 Å². The Labute approximate surface area is 128 Å². The number of aromatic nitrogens is 2. The van der Waals surface area contributed by atoms with Crippen molar-refractivity contribution in [2.45, 2.75) is 70.5 Å². The molecule has 1 atom stereocenters. The van der Waals surface area contributed by atoms with Crippen molar-refractivity contribution in [2.24, 2.45) is 0 Å². The van der Waals surface area contributed by atoms with Gasteiger partial charge in [-0.05, 0) is 51.8 Å². The molecule has 1 aromatic rings. The van der Waals surface area contributed by atoms with Gasteiger partial charge in [0.2, 0.25) is 0 Å². The quantitative estimate of drug-likeness (QED) is 0.925. The van der Waals surface area contributed by atoms with E-state index in [1.165, 1.54) is 57.4 Å². The Kier molecular flexibility index (Phi) is 4.65. The number of nitrogens with zero attached hydrogens (tertiary/aromatic N) is 3. The molecule has 1 aliphatic carbocycles. The molecule has 21 heavy (non-hydrogen) atoms. The molecular weight excluding hydrogens is 260 g/mol. The summed E-state index contributed by atoms with van der Waals surface area (Å²) in [5.74, 6) is 0. The first kappa shape index (κ1) is 15.0. The Morgan fingerprint density at radius 1 is 1.33 bits per heavy atom. The maximum atomic E-state index is 4.78. The number of hydrogen-bond acceptors (Lipinski definition) is 3. The van der Waals surface area contributed by atoms with Crippen LogP contribution in [0.1, 0.15) is 64.1 Å². The molecule has 1 N–H and O–H groups in total. The van der Waals surface area contributed by atoms with Gasteiger partial charge < -0.3 is 5.32 Å². The Hall–Kier alpha value is -0.870. The van der Waals surface area contributed by atoms with Crippen LogP contribution in [-0.4, -0.2) is 39.9 Å². The second-order valence-corrected chi connectivity index (χ2v) is 7.02. The first-order chi connectivity index (χ1) is 10.2. The van der Waals surface area contributed by atoms with Crippen molar-refractivity contribution in [1.82, 2.24) is 20.0 Å². The monoisotopic (exact) mass is 290 g/mol. The van der Waals surface area contributed by atoms with Gasteiger partial charge in [0.15, 0.2) is 0 Å². The molecule has 1 aromatic heterocycles. The Balaban J connectivity index is 1.64. The zero-order chi connectivity index (χ0) is 14.7. The lowest BCUT2D eigenvalue weighted by Gasteiger charge is -2.33. The van der Waals surface area contributed by atoms with Crippen LogP contribution in [-0.2, 0) is 6.54 Å². The van der Waals surface area contributed by atoms with Crippen LogP contribution in [0, 0.1) is 0 Å². The van der Waals surface area contributed by atoms with Gasteiger partial charge >= 0.3 is 0 Å². The second-order valence-electron chi connectivity index (χ2n) is 7.02. The van der Waals surface area contributed by atoms with Gasteiger partial charge in [-0.2, -0.15) is 5.10 Å². The minimum Gasteiger partial charge on any atom is -0.310 e. The second kappa shape index (κ2) is 6.49. The Bertz CT molecular complexity index is 447. The first-order valence-electron chi connectivity index (χ1n) is 8.72. The number of nitrogens with one attached hydrogen (secondary N) is 1. The third kappa shape index (κ3) is 3.49. The van der Waals surface area contributed by atoms with Gasteiger partial charge in [0.25, 0.3) is 0 Å². The van der Waals surface area contributed by atoms with E-state index in [9.17, 15) is 0 Å². The maximum Gasteiger partial charge on any atom is 0.0764 e. The van der Waals surface area contributed by atoms with Crippen LogP contribution in [0.2, 0.25) is 0 Å². The third-order valence-electron chi connectivity index (χ3n) is 5.33. The zero-order valence-corrected chi connectivity index (χ0v) is 13.6. The number of hydrogen-bond donors (Lipinski definition) is 1. The van der Waals surface area contributed by atoms with E-state index in [2.05, 4.69) is 41.0 Å². The average molecular weight is 290 g/mol. The van der Waals surface area contributed by atoms with Crippen molar-refractivity contribution in [1.29, 1.82) is 0 Å². The van der Waals surface area contributed by atoms with Crippen LogP contribution in [0.5, 0.6) is 0 Å². The van der Waals surface area contributed by atoms with Crippen LogP contribution in [0.3, 0.4) is 0 Å². The summed E-state index contributed by atoms with van der Waals surface area (Å²) in [4.78, 5) is 2.62. The lowest BCUT2D eigenvalue weighted by molar-refractivity contribution is 0.201. The van der Waals surface area contributed by atoms with Gasteiger partial charge in [-0.1, -0.05) is 19.8 Å². The molecule has 2 fully saturated rings. The summed E-state index contributed by atoms with van der Waals surface area (Å²) in [7, 11) is 0. The van der Waals surface area contributed by atoms with Crippen LogP contribution in [0.15, 0.2) is 12.3 Å². The molecule has 1 saturated carbocycles. The summed E-state index contributed by atoms with van der Waals surface area (Å²) in [5, 5.41) is 8.61. The fraction of sp³-hybridized carbons (Fsp3) is 0.824. The topological polar surface area (TPSA) is 33.1 Å². The van der Waals surface area contributed by atoms with Gasteiger partial charge in [0.1, 0.15) is 0 Å². The summed E-state index contributed by atoms with van der Waals surface area (Å²) in [6, 6.07) is 2.71. The first-order valence-corrected chi connectivity index (χ1v) is 8.72. The summed E-state index contributed by atoms with van der Waals surface area (Å²) in [6.07, 6.45) is 10.0. The van der Waals surface area contributed by atoms with Crippen molar-refractivity contribution in [3.8, 4) is 0 Å². The van der Waals surface area contributed by atoms with Crippen LogP contribution >= 0.6 is 0 Å². The highest BCUT2D eigenvalue weighted by atomic mass is 15.3. The number of rotatable bonds is 4. The van der Waals surface area contributed by atoms with E-state index in [1.807, 2.05) is 0 Å². The summed E-state index contributed by atoms with van der Waals surface area (Å²) in [6.45, 7) is 9.04. The molecule has 4 nitrogen and oxygen atoms in total. The molecule has 3 rings (SSSR count). The normalized spacial score (nSPS) is 24.3. The standard InChI is InChI=1S/C17H30N4/c1-3-15(2)21-12-7-16(19-21)13-20-11-6-10-18-17(14-20)8-4-5-9-17/h7,12,15,18H,3-6,8-11,13-14H2,1-2H3. The molecule has 1 aliphatic heterocycles. The van der Waals surface area contributed by atoms with Gasteiger partial charge in [-0.15, -0.1) is 0 Å². The molecule has 1 saturated heterocycles. The molecule has 4 heteroatoms. The predicted molar refractivity (Wildman–Crippen MR) is 86.3 cm³/mol. The van der Waals surface area contributed by atoms with Gasteiger partial charge in [0, 0.05) is 30.9 Å². The van der Waals surface area contributed by atoms with Crippen molar-refractivity contribution >= 4 is 0 Å². The zero-order valence-electron chi connectivity index (χ0n) is 13.6. The summed E-state index contributed by atoms with van der Waals surface area (Å²) >= 11 is 0. The van der Waals surface area contributed by atoms with E-state index in [1.54, 1.807) is 0 Å².